The number of thioether (sulfide) groups is 1. The van der Waals surface area contributed by atoms with Gasteiger partial charge in [-0.2, -0.15) is 0 Å². The third-order valence-corrected chi connectivity index (χ3v) is 5.18. The van der Waals surface area contributed by atoms with Crippen LogP contribution in [0.15, 0.2) is 17.3 Å². The van der Waals surface area contributed by atoms with Crippen molar-refractivity contribution in [1.82, 2.24) is 10.3 Å². The predicted octanol–water partition coefficient (Wildman–Crippen LogP) is 3.55. The molecule has 0 radical (unpaired) electrons. The van der Waals surface area contributed by atoms with E-state index in [0.29, 0.717) is 0 Å². The third-order valence-electron chi connectivity index (χ3n) is 3.73. The summed E-state index contributed by atoms with van der Waals surface area (Å²) >= 11 is 1.98. The van der Waals surface area contributed by atoms with Crippen molar-refractivity contribution in [1.29, 1.82) is 0 Å². The largest absolute Gasteiger partial charge is 0.383 e. The first-order valence-electron chi connectivity index (χ1n) is 7.61. The van der Waals surface area contributed by atoms with Crippen molar-refractivity contribution in [3.63, 3.8) is 0 Å². The monoisotopic (exact) mass is 294 g/mol. The SMILES string of the molecule is COCCNCc1cnc(SC2CCCCC2)c(C)c1. The van der Waals surface area contributed by atoms with E-state index in [9.17, 15) is 0 Å². The van der Waals surface area contributed by atoms with Gasteiger partial charge in [0, 0.05) is 31.6 Å². The Bertz CT molecular complexity index is 405. The molecule has 1 heterocycles. The summed E-state index contributed by atoms with van der Waals surface area (Å²) in [5.41, 5.74) is 2.57. The van der Waals surface area contributed by atoms with E-state index in [4.69, 9.17) is 4.74 Å². The van der Waals surface area contributed by atoms with Crippen LogP contribution in [0.2, 0.25) is 0 Å². The van der Waals surface area contributed by atoms with Gasteiger partial charge in [-0.05, 0) is 30.9 Å². The van der Waals surface area contributed by atoms with Crippen LogP contribution in [0, 0.1) is 6.92 Å². The molecule has 1 saturated carbocycles. The van der Waals surface area contributed by atoms with Crippen LogP contribution >= 0.6 is 11.8 Å². The highest BCUT2D eigenvalue weighted by molar-refractivity contribution is 7.99. The molecule has 1 aromatic rings. The van der Waals surface area contributed by atoms with Gasteiger partial charge in [0.2, 0.25) is 0 Å². The average Bonchev–Trinajstić information content (AvgIpc) is 2.47. The summed E-state index contributed by atoms with van der Waals surface area (Å²) in [7, 11) is 1.73. The quantitative estimate of drug-likeness (QED) is 0.780. The van der Waals surface area contributed by atoms with Crippen molar-refractivity contribution in [2.24, 2.45) is 0 Å². The van der Waals surface area contributed by atoms with Crippen molar-refractivity contribution in [3.05, 3.63) is 23.4 Å². The Morgan fingerprint density at radius 2 is 2.15 bits per heavy atom. The predicted molar refractivity (Wildman–Crippen MR) is 85.3 cm³/mol. The molecule has 0 spiro atoms. The van der Waals surface area contributed by atoms with Gasteiger partial charge in [-0.1, -0.05) is 25.3 Å². The lowest BCUT2D eigenvalue weighted by molar-refractivity contribution is 0.199. The molecule has 0 aliphatic heterocycles. The van der Waals surface area contributed by atoms with Gasteiger partial charge in [0.1, 0.15) is 0 Å². The van der Waals surface area contributed by atoms with E-state index >= 15 is 0 Å². The first-order valence-corrected chi connectivity index (χ1v) is 8.49. The van der Waals surface area contributed by atoms with E-state index in [-0.39, 0.29) is 0 Å². The molecule has 1 aliphatic carbocycles. The van der Waals surface area contributed by atoms with Crippen molar-refractivity contribution in [3.8, 4) is 0 Å². The first-order chi connectivity index (χ1) is 9.79. The van der Waals surface area contributed by atoms with E-state index in [1.165, 1.54) is 48.3 Å². The number of ether oxygens (including phenoxy) is 1. The Morgan fingerprint density at radius 3 is 2.85 bits per heavy atom. The number of rotatable bonds is 7. The van der Waals surface area contributed by atoms with Gasteiger partial charge in [0.25, 0.3) is 0 Å². The number of nitrogens with zero attached hydrogens (tertiary/aromatic N) is 1. The molecule has 0 atom stereocenters. The van der Waals surface area contributed by atoms with Crippen LogP contribution in [0.1, 0.15) is 43.2 Å². The second kappa shape index (κ2) is 8.65. The number of methoxy groups -OCH3 is 1. The molecule has 20 heavy (non-hydrogen) atoms. The molecule has 0 bridgehead atoms. The number of pyridine rings is 1. The zero-order valence-corrected chi connectivity index (χ0v) is 13.5. The summed E-state index contributed by atoms with van der Waals surface area (Å²) in [6, 6.07) is 2.26. The van der Waals surface area contributed by atoms with Crippen LogP contribution in [0.3, 0.4) is 0 Å². The Balaban J connectivity index is 1.85. The highest BCUT2D eigenvalue weighted by atomic mass is 32.2. The Kier molecular flexibility index (Phi) is 6.83. The molecule has 2 rings (SSSR count). The molecule has 112 valence electrons. The van der Waals surface area contributed by atoms with Gasteiger partial charge in [-0.25, -0.2) is 4.98 Å². The molecule has 4 heteroatoms. The maximum Gasteiger partial charge on any atom is 0.0991 e. The van der Waals surface area contributed by atoms with Crippen molar-refractivity contribution < 1.29 is 4.74 Å². The fraction of sp³-hybridized carbons (Fsp3) is 0.688. The Hall–Kier alpha value is -0.580. The van der Waals surface area contributed by atoms with Crippen molar-refractivity contribution in [2.45, 2.75) is 55.8 Å². The maximum atomic E-state index is 5.03. The summed E-state index contributed by atoms with van der Waals surface area (Å²) in [6.07, 6.45) is 8.90. The van der Waals surface area contributed by atoms with Crippen LogP contribution in [-0.2, 0) is 11.3 Å². The zero-order chi connectivity index (χ0) is 14.2. The molecular formula is C16H26N2OS. The lowest BCUT2D eigenvalue weighted by Gasteiger charge is -2.21. The van der Waals surface area contributed by atoms with Gasteiger partial charge >= 0.3 is 0 Å². The molecule has 1 aliphatic rings. The van der Waals surface area contributed by atoms with Crippen LogP contribution in [0.5, 0.6) is 0 Å². The van der Waals surface area contributed by atoms with Crippen LogP contribution in [0.25, 0.3) is 0 Å². The second-order valence-electron chi connectivity index (χ2n) is 5.51. The molecule has 3 nitrogen and oxygen atoms in total. The van der Waals surface area contributed by atoms with Crippen LogP contribution in [-0.4, -0.2) is 30.5 Å². The zero-order valence-electron chi connectivity index (χ0n) is 12.7. The first kappa shape index (κ1) is 15.8. The van der Waals surface area contributed by atoms with Crippen LogP contribution < -0.4 is 5.32 Å². The second-order valence-corrected chi connectivity index (χ2v) is 6.80. The van der Waals surface area contributed by atoms with Gasteiger partial charge in [0.15, 0.2) is 0 Å². The smallest absolute Gasteiger partial charge is 0.0991 e. The van der Waals surface area contributed by atoms with Gasteiger partial charge in [-0.15, -0.1) is 11.8 Å². The molecule has 1 aromatic heterocycles. The summed E-state index contributed by atoms with van der Waals surface area (Å²) in [5, 5.41) is 5.36. The average molecular weight is 294 g/mol. The topological polar surface area (TPSA) is 34.1 Å². The van der Waals surface area contributed by atoms with E-state index in [1.807, 2.05) is 18.0 Å². The minimum Gasteiger partial charge on any atom is -0.383 e. The highest BCUT2D eigenvalue weighted by Crippen LogP contribution is 2.34. The third kappa shape index (κ3) is 5.08. The summed E-state index contributed by atoms with van der Waals surface area (Å²) in [5.74, 6) is 0. The molecule has 1 N–H and O–H groups in total. The normalized spacial score (nSPS) is 16.5. The van der Waals surface area contributed by atoms with E-state index < -0.39 is 0 Å². The summed E-state index contributed by atoms with van der Waals surface area (Å²) in [4.78, 5) is 4.66. The summed E-state index contributed by atoms with van der Waals surface area (Å²) < 4.78 is 5.03. The summed E-state index contributed by atoms with van der Waals surface area (Å²) in [6.45, 7) is 4.68. The fourth-order valence-electron chi connectivity index (χ4n) is 2.59. The minimum atomic E-state index is 0.752. The van der Waals surface area contributed by atoms with Gasteiger partial charge in [-0.3, -0.25) is 0 Å². The molecule has 1 fully saturated rings. The van der Waals surface area contributed by atoms with Crippen molar-refractivity contribution in [2.75, 3.05) is 20.3 Å². The van der Waals surface area contributed by atoms with E-state index in [1.54, 1.807) is 7.11 Å². The molecule has 0 amide bonds. The van der Waals surface area contributed by atoms with Crippen molar-refractivity contribution >= 4 is 11.8 Å². The number of aryl methyl sites for hydroxylation is 1. The highest BCUT2D eigenvalue weighted by Gasteiger charge is 2.16. The molecule has 0 aromatic carbocycles. The number of hydrogen-bond donors (Lipinski definition) is 1. The lowest BCUT2D eigenvalue weighted by atomic mass is 10.0. The maximum absolute atomic E-state index is 5.03. The minimum absolute atomic E-state index is 0.752. The molecule has 0 unspecified atom stereocenters. The van der Waals surface area contributed by atoms with E-state index in [0.717, 1.165) is 24.9 Å². The van der Waals surface area contributed by atoms with Crippen LogP contribution in [0.4, 0.5) is 0 Å². The lowest BCUT2D eigenvalue weighted by Crippen LogP contribution is -2.18. The Morgan fingerprint density at radius 1 is 1.35 bits per heavy atom. The fourth-order valence-corrected chi connectivity index (χ4v) is 3.83. The molecular weight excluding hydrogens is 268 g/mol. The number of nitrogens with one attached hydrogen (secondary N) is 1. The van der Waals surface area contributed by atoms with Gasteiger partial charge < -0.3 is 10.1 Å². The number of hydrogen-bond acceptors (Lipinski definition) is 4. The molecule has 0 saturated heterocycles. The van der Waals surface area contributed by atoms with E-state index in [2.05, 4.69) is 23.3 Å². The standard InChI is InChI=1S/C16H26N2OS/c1-13-10-14(11-17-8-9-19-2)12-18-16(13)20-15-6-4-3-5-7-15/h10,12,15,17H,3-9,11H2,1-2H3. The van der Waals surface area contributed by atoms with Gasteiger partial charge in [0.05, 0.1) is 11.6 Å². The number of aromatic nitrogens is 1. The Labute approximate surface area is 126 Å².